The molecular formula is C14H16ClN3O2. The van der Waals surface area contributed by atoms with E-state index >= 15 is 0 Å². The molecule has 2 aromatic rings. The number of anilines is 1. The summed E-state index contributed by atoms with van der Waals surface area (Å²) in [4.78, 5) is 21.9. The smallest absolute Gasteiger partial charge is 0.310 e. The fourth-order valence-electron chi connectivity index (χ4n) is 2.09. The summed E-state index contributed by atoms with van der Waals surface area (Å²) in [5.41, 5.74) is 0.778. The number of carbonyl (C=O) groups is 1. The Morgan fingerprint density at radius 1 is 1.45 bits per heavy atom. The number of hydrogen-bond donors (Lipinski definition) is 0. The molecule has 20 heavy (non-hydrogen) atoms. The largest absolute Gasteiger partial charge is 0.469 e. The fourth-order valence-corrected chi connectivity index (χ4v) is 2.26. The van der Waals surface area contributed by atoms with Gasteiger partial charge in [-0.1, -0.05) is 18.5 Å². The first-order chi connectivity index (χ1) is 9.52. The number of carbonyl (C=O) groups excluding carboxylic acids is 1. The van der Waals surface area contributed by atoms with Gasteiger partial charge in [-0.15, -0.1) is 0 Å². The minimum absolute atomic E-state index is 0.234. The minimum Gasteiger partial charge on any atom is -0.469 e. The molecule has 0 fully saturated rings. The molecule has 0 aliphatic rings. The van der Waals surface area contributed by atoms with E-state index in [4.69, 9.17) is 16.3 Å². The average molecular weight is 294 g/mol. The van der Waals surface area contributed by atoms with Gasteiger partial charge >= 0.3 is 5.97 Å². The number of rotatable bonds is 4. The summed E-state index contributed by atoms with van der Waals surface area (Å²) < 4.78 is 4.74. The molecule has 0 N–H and O–H groups in total. The van der Waals surface area contributed by atoms with E-state index in [9.17, 15) is 4.79 Å². The predicted octanol–water partition coefficient (Wildman–Crippen LogP) is 2.53. The van der Waals surface area contributed by atoms with Crippen LogP contribution in [0.25, 0.3) is 10.9 Å². The van der Waals surface area contributed by atoms with E-state index in [1.165, 1.54) is 13.4 Å². The van der Waals surface area contributed by atoms with E-state index in [2.05, 4.69) is 9.97 Å². The van der Waals surface area contributed by atoms with Gasteiger partial charge in [0.1, 0.15) is 12.1 Å². The van der Waals surface area contributed by atoms with Crippen LogP contribution >= 0.6 is 11.6 Å². The highest BCUT2D eigenvalue weighted by Gasteiger charge is 2.17. The molecule has 1 aromatic heterocycles. The summed E-state index contributed by atoms with van der Waals surface area (Å²) in [6.07, 6.45) is 1.49. The zero-order valence-electron chi connectivity index (χ0n) is 11.6. The van der Waals surface area contributed by atoms with Gasteiger partial charge < -0.3 is 9.64 Å². The Morgan fingerprint density at radius 2 is 2.20 bits per heavy atom. The van der Waals surface area contributed by atoms with Crippen molar-refractivity contribution in [3.05, 3.63) is 29.5 Å². The van der Waals surface area contributed by atoms with Gasteiger partial charge in [0.15, 0.2) is 0 Å². The Kier molecular flexibility index (Phi) is 4.39. The van der Waals surface area contributed by atoms with Crippen molar-refractivity contribution in [1.29, 1.82) is 0 Å². The molecule has 1 heterocycles. The molecular weight excluding hydrogens is 278 g/mol. The molecule has 1 atom stereocenters. The number of esters is 1. The van der Waals surface area contributed by atoms with Gasteiger partial charge in [-0.2, -0.15) is 0 Å². The van der Waals surface area contributed by atoms with Crippen LogP contribution in [-0.4, -0.2) is 36.6 Å². The number of halogens is 1. The summed E-state index contributed by atoms with van der Waals surface area (Å²) in [5.74, 6) is 0.294. The zero-order valence-corrected chi connectivity index (χ0v) is 12.4. The lowest BCUT2D eigenvalue weighted by Gasteiger charge is -2.22. The van der Waals surface area contributed by atoms with Crippen molar-refractivity contribution in [2.75, 3.05) is 25.6 Å². The molecule has 2 rings (SSSR count). The van der Waals surface area contributed by atoms with Crippen LogP contribution in [0.4, 0.5) is 5.82 Å². The van der Waals surface area contributed by atoms with E-state index in [1.807, 2.05) is 24.9 Å². The molecule has 0 bridgehead atoms. The molecule has 0 saturated heterocycles. The second-order valence-corrected chi connectivity index (χ2v) is 5.10. The summed E-state index contributed by atoms with van der Waals surface area (Å²) in [6, 6.07) is 5.47. The highest BCUT2D eigenvalue weighted by Crippen LogP contribution is 2.25. The van der Waals surface area contributed by atoms with Gasteiger partial charge in [-0.05, 0) is 18.2 Å². The standard InChI is InChI=1S/C14H16ClN3O2/c1-9(14(19)20-3)7-18(2)13-11-5-4-10(15)6-12(11)16-8-17-13/h4-6,8-9H,7H2,1-3H3. The van der Waals surface area contributed by atoms with Crippen LogP contribution in [-0.2, 0) is 9.53 Å². The number of hydrogen-bond acceptors (Lipinski definition) is 5. The number of benzene rings is 1. The van der Waals surface area contributed by atoms with Crippen molar-refractivity contribution in [2.24, 2.45) is 5.92 Å². The number of ether oxygens (including phenoxy) is 1. The topological polar surface area (TPSA) is 55.3 Å². The number of fused-ring (bicyclic) bond motifs is 1. The lowest BCUT2D eigenvalue weighted by molar-refractivity contribution is -0.144. The maximum Gasteiger partial charge on any atom is 0.310 e. The highest BCUT2D eigenvalue weighted by atomic mass is 35.5. The van der Waals surface area contributed by atoms with Gasteiger partial charge in [-0.25, -0.2) is 9.97 Å². The van der Waals surface area contributed by atoms with Crippen LogP contribution in [0, 0.1) is 5.92 Å². The molecule has 0 spiro atoms. The van der Waals surface area contributed by atoms with E-state index < -0.39 is 0 Å². The Labute approximate surface area is 122 Å². The molecule has 5 nitrogen and oxygen atoms in total. The molecule has 0 radical (unpaired) electrons. The first kappa shape index (κ1) is 14.5. The van der Waals surface area contributed by atoms with Crippen molar-refractivity contribution in [1.82, 2.24) is 9.97 Å². The SMILES string of the molecule is COC(=O)C(C)CN(C)c1ncnc2cc(Cl)ccc12. The lowest BCUT2D eigenvalue weighted by atomic mass is 10.1. The number of aromatic nitrogens is 2. The van der Waals surface area contributed by atoms with Gasteiger partial charge in [-0.3, -0.25) is 4.79 Å². The summed E-state index contributed by atoms with van der Waals surface area (Å²) >= 11 is 5.96. The fraction of sp³-hybridized carbons (Fsp3) is 0.357. The molecule has 1 aromatic carbocycles. The quantitative estimate of drug-likeness (QED) is 0.811. The second kappa shape index (κ2) is 6.05. The van der Waals surface area contributed by atoms with Gasteiger partial charge in [0, 0.05) is 24.0 Å². The summed E-state index contributed by atoms with van der Waals surface area (Å²) in [7, 11) is 3.27. The van der Waals surface area contributed by atoms with Crippen molar-refractivity contribution in [2.45, 2.75) is 6.92 Å². The lowest BCUT2D eigenvalue weighted by Crippen LogP contribution is -2.30. The monoisotopic (exact) mass is 293 g/mol. The van der Waals surface area contributed by atoms with E-state index in [-0.39, 0.29) is 11.9 Å². The number of methoxy groups -OCH3 is 1. The van der Waals surface area contributed by atoms with Crippen LogP contribution in [0.5, 0.6) is 0 Å². The third-order valence-electron chi connectivity index (χ3n) is 3.09. The maximum atomic E-state index is 11.5. The van der Waals surface area contributed by atoms with Gasteiger partial charge in [0.2, 0.25) is 0 Å². The second-order valence-electron chi connectivity index (χ2n) is 4.66. The first-order valence-electron chi connectivity index (χ1n) is 6.22. The highest BCUT2D eigenvalue weighted by molar-refractivity contribution is 6.31. The van der Waals surface area contributed by atoms with Crippen molar-refractivity contribution < 1.29 is 9.53 Å². The zero-order chi connectivity index (χ0) is 14.7. The van der Waals surface area contributed by atoms with Crippen LogP contribution in [0.3, 0.4) is 0 Å². The molecule has 0 aliphatic carbocycles. The van der Waals surface area contributed by atoms with Gasteiger partial charge in [0.25, 0.3) is 0 Å². The summed E-state index contributed by atoms with van der Waals surface area (Å²) in [5, 5.41) is 1.53. The van der Waals surface area contributed by atoms with Crippen LogP contribution in [0.15, 0.2) is 24.5 Å². The predicted molar refractivity (Wildman–Crippen MR) is 79.0 cm³/mol. The third kappa shape index (κ3) is 2.99. The molecule has 6 heteroatoms. The molecule has 1 unspecified atom stereocenters. The first-order valence-corrected chi connectivity index (χ1v) is 6.60. The van der Waals surface area contributed by atoms with Crippen molar-refractivity contribution in [3.8, 4) is 0 Å². The maximum absolute atomic E-state index is 11.5. The average Bonchev–Trinajstić information content (AvgIpc) is 2.45. The Morgan fingerprint density at radius 3 is 2.90 bits per heavy atom. The van der Waals surface area contributed by atoms with Crippen LogP contribution < -0.4 is 4.90 Å². The van der Waals surface area contributed by atoms with Crippen LogP contribution in [0.2, 0.25) is 5.02 Å². The van der Waals surface area contributed by atoms with Crippen molar-refractivity contribution >= 4 is 34.3 Å². The van der Waals surface area contributed by atoms with Crippen molar-refractivity contribution in [3.63, 3.8) is 0 Å². The van der Waals surface area contributed by atoms with E-state index in [0.29, 0.717) is 11.6 Å². The van der Waals surface area contributed by atoms with E-state index in [0.717, 1.165) is 16.7 Å². The molecule has 0 saturated carbocycles. The Hall–Kier alpha value is -1.88. The van der Waals surface area contributed by atoms with Crippen LogP contribution in [0.1, 0.15) is 6.92 Å². The third-order valence-corrected chi connectivity index (χ3v) is 3.33. The molecule has 106 valence electrons. The van der Waals surface area contributed by atoms with E-state index in [1.54, 1.807) is 12.1 Å². The summed E-state index contributed by atoms with van der Waals surface area (Å²) in [6.45, 7) is 2.34. The minimum atomic E-state index is -0.238. The Balaban J connectivity index is 2.30. The molecule has 0 amide bonds. The normalized spacial score (nSPS) is 12.2. The van der Waals surface area contributed by atoms with Gasteiger partial charge in [0.05, 0.1) is 18.5 Å². The number of nitrogens with zero attached hydrogens (tertiary/aromatic N) is 3. The Bertz CT molecular complexity index is 633. The molecule has 0 aliphatic heterocycles.